The van der Waals surface area contributed by atoms with Gasteiger partial charge in [-0.3, -0.25) is 9.59 Å². The second kappa shape index (κ2) is 10.7. The van der Waals surface area contributed by atoms with Crippen LogP contribution in [0.1, 0.15) is 59.3 Å². The number of nitrogens with one attached hydrogen (secondary N) is 1. The van der Waals surface area contributed by atoms with E-state index in [0.717, 1.165) is 49.5 Å². The zero-order chi connectivity index (χ0) is 27.8. The van der Waals surface area contributed by atoms with Crippen LogP contribution >= 0.6 is 11.6 Å². The SMILES string of the molecule is Cc1cc(C(C)Nc2ccc(Cl)nc2-c2cc(F)c(O)c(C=O)c2)c2oc(N3CCCCC3)c(C)c(=O)c2c1. The molecule has 202 valence electrons. The molecule has 2 aromatic heterocycles. The molecule has 9 heteroatoms. The number of carbonyl (C=O) groups excluding carboxylic acids is 1. The number of pyridine rings is 1. The number of phenols is 1. The van der Waals surface area contributed by atoms with Crippen molar-refractivity contribution in [3.8, 4) is 17.0 Å². The number of anilines is 2. The van der Waals surface area contributed by atoms with Crippen molar-refractivity contribution in [1.82, 2.24) is 4.98 Å². The number of rotatable bonds is 6. The fraction of sp³-hybridized carbons (Fsp3) is 0.300. The molecule has 5 rings (SSSR count). The van der Waals surface area contributed by atoms with Crippen LogP contribution in [-0.4, -0.2) is 29.5 Å². The quantitative estimate of drug-likeness (QED) is 0.198. The van der Waals surface area contributed by atoms with E-state index < -0.39 is 11.6 Å². The Morgan fingerprint density at radius 1 is 1.15 bits per heavy atom. The first-order valence-electron chi connectivity index (χ1n) is 12.9. The van der Waals surface area contributed by atoms with Gasteiger partial charge in [0.15, 0.2) is 23.3 Å². The van der Waals surface area contributed by atoms with Crippen LogP contribution in [0.3, 0.4) is 0 Å². The second-order valence-electron chi connectivity index (χ2n) is 10.0. The maximum atomic E-state index is 14.4. The second-order valence-corrected chi connectivity index (χ2v) is 10.4. The lowest BCUT2D eigenvalue weighted by Gasteiger charge is -2.29. The van der Waals surface area contributed by atoms with Crippen molar-refractivity contribution in [2.24, 2.45) is 0 Å². The van der Waals surface area contributed by atoms with E-state index in [2.05, 4.69) is 15.2 Å². The Balaban J connectivity index is 1.61. The van der Waals surface area contributed by atoms with Gasteiger partial charge < -0.3 is 19.7 Å². The summed E-state index contributed by atoms with van der Waals surface area (Å²) in [6, 6.07) is 9.24. The summed E-state index contributed by atoms with van der Waals surface area (Å²) in [6.07, 6.45) is 3.65. The molecule has 1 aliphatic heterocycles. The molecule has 1 unspecified atom stereocenters. The van der Waals surface area contributed by atoms with E-state index in [0.29, 0.717) is 40.1 Å². The van der Waals surface area contributed by atoms with Gasteiger partial charge in [-0.2, -0.15) is 0 Å². The van der Waals surface area contributed by atoms with E-state index in [-0.39, 0.29) is 27.8 Å². The largest absolute Gasteiger partial charge is 0.504 e. The van der Waals surface area contributed by atoms with E-state index in [1.807, 2.05) is 32.9 Å². The number of aromatic hydroxyl groups is 1. The lowest BCUT2D eigenvalue weighted by atomic mass is 9.99. The van der Waals surface area contributed by atoms with Crippen LogP contribution in [0.15, 0.2) is 45.6 Å². The molecule has 2 N–H and O–H groups in total. The number of benzene rings is 2. The molecular formula is C30H29ClFN3O4. The summed E-state index contributed by atoms with van der Waals surface area (Å²) in [5.74, 6) is -1.05. The van der Waals surface area contributed by atoms with Crippen molar-refractivity contribution < 1.29 is 18.7 Å². The van der Waals surface area contributed by atoms with Gasteiger partial charge in [-0.1, -0.05) is 17.7 Å². The molecule has 4 aromatic rings. The Hall–Kier alpha value is -3.91. The number of piperidine rings is 1. The number of hydrogen-bond acceptors (Lipinski definition) is 7. The number of phenolic OH excluding ortho intramolecular Hbond substituents is 1. The molecule has 1 fully saturated rings. The van der Waals surface area contributed by atoms with E-state index in [4.69, 9.17) is 16.0 Å². The van der Waals surface area contributed by atoms with Crippen LogP contribution < -0.4 is 15.6 Å². The minimum absolute atomic E-state index is 0.0521. The third kappa shape index (κ3) is 5.08. The van der Waals surface area contributed by atoms with Crippen molar-refractivity contribution in [2.75, 3.05) is 23.3 Å². The number of nitrogens with zero attached hydrogens (tertiary/aromatic N) is 2. The Morgan fingerprint density at radius 2 is 1.90 bits per heavy atom. The fourth-order valence-corrected chi connectivity index (χ4v) is 5.35. The molecule has 3 heterocycles. The zero-order valence-corrected chi connectivity index (χ0v) is 22.7. The normalized spacial score (nSPS) is 14.4. The average Bonchev–Trinajstić information content (AvgIpc) is 2.93. The van der Waals surface area contributed by atoms with Gasteiger partial charge >= 0.3 is 0 Å². The number of fused-ring (bicyclic) bond motifs is 1. The Labute approximate surface area is 230 Å². The highest BCUT2D eigenvalue weighted by Gasteiger charge is 2.23. The Morgan fingerprint density at radius 3 is 2.62 bits per heavy atom. The van der Waals surface area contributed by atoms with Crippen LogP contribution in [0.2, 0.25) is 5.15 Å². The average molecular weight is 550 g/mol. The standard InChI is InChI=1S/C30H29ClFN3O4/c1-16-11-21(29-22(12-16)27(37)17(2)30(39-29)35-9-5-4-6-10-35)18(3)33-24-7-8-25(31)34-26(24)19-13-20(15-36)28(38)23(32)14-19/h7-8,11-15,18,33,38H,4-6,9-10H2,1-3H3. The van der Waals surface area contributed by atoms with Crippen LogP contribution in [-0.2, 0) is 0 Å². The number of halogens is 2. The summed E-state index contributed by atoms with van der Waals surface area (Å²) in [6.45, 7) is 7.36. The van der Waals surface area contributed by atoms with Crippen LogP contribution in [0.25, 0.3) is 22.2 Å². The van der Waals surface area contributed by atoms with Gasteiger partial charge in [-0.15, -0.1) is 0 Å². The van der Waals surface area contributed by atoms with Crippen LogP contribution in [0, 0.1) is 19.7 Å². The first-order valence-corrected chi connectivity index (χ1v) is 13.3. The lowest BCUT2D eigenvalue weighted by Crippen LogP contribution is -2.31. The lowest BCUT2D eigenvalue weighted by molar-refractivity contribution is 0.112. The minimum atomic E-state index is -0.942. The fourth-order valence-electron chi connectivity index (χ4n) is 5.21. The van der Waals surface area contributed by atoms with Crippen molar-refractivity contribution in [3.05, 3.63) is 79.8 Å². The molecule has 7 nitrogen and oxygen atoms in total. The molecule has 0 radical (unpaired) electrons. The van der Waals surface area contributed by atoms with Crippen LogP contribution in [0.4, 0.5) is 16.0 Å². The molecule has 2 aromatic carbocycles. The number of aryl methyl sites for hydroxylation is 1. The third-order valence-electron chi connectivity index (χ3n) is 7.20. The highest BCUT2D eigenvalue weighted by Crippen LogP contribution is 2.36. The first-order chi connectivity index (χ1) is 18.7. The summed E-state index contributed by atoms with van der Waals surface area (Å²) in [4.78, 5) is 31.4. The molecule has 1 saturated heterocycles. The molecule has 0 amide bonds. The van der Waals surface area contributed by atoms with E-state index in [1.54, 1.807) is 12.1 Å². The number of carbonyl (C=O) groups is 1. The number of aldehydes is 1. The van der Waals surface area contributed by atoms with Crippen LogP contribution in [0.5, 0.6) is 5.75 Å². The highest BCUT2D eigenvalue weighted by molar-refractivity contribution is 6.29. The summed E-state index contributed by atoms with van der Waals surface area (Å²) < 4.78 is 20.9. The van der Waals surface area contributed by atoms with Gasteiger partial charge in [0.1, 0.15) is 10.7 Å². The molecule has 39 heavy (non-hydrogen) atoms. The predicted molar refractivity (Wildman–Crippen MR) is 152 cm³/mol. The zero-order valence-electron chi connectivity index (χ0n) is 22.0. The summed E-state index contributed by atoms with van der Waals surface area (Å²) in [5.41, 5.74) is 3.66. The summed E-state index contributed by atoms with van der Waals surface area (Å²) >= 11 is 6.18. The molecule has 0 saturated carbocycles. The van der Waals surface area contributed by atoms with Gasteiger partial charge in [0, 0.05) is 24.2 Å². The molecule has 1 atom stereocenters. The smallest absolute Gasteiger partial charge is 0.202 e. The van der Waals surface area contributed by atoms with E-state index in [1.165, 1.54) is 6.07 Å². The van der Waals surface area contributed by atoms with Gasteiger partial charge in [-0.05, 0) is 75.9 Å². The molecule has 1 aliphatic rings. The minimum Gasteiger partial charge on any atom is -0.504 e. The summed E-state index contributed by atoms with van der Waals surface area (Å²) in [7, 11) is 0. The van der Waals surface area contributed by atoms with Gasteiger partial charge in [0.05, 0.1) is 33.9 Å². The highest BCUT2D eigenvalue weighted by atomic mass is 35.5. The van der Waals surface area contributed by atoms with E-state index in [9.17, 15) is 19.1 Å². The van der Waals surface area contributed by atoms with Crippen molar-refractivity contribution >= 4 is 40.4 Å². The van der Waals surface area contributed by atoms with E-state index >= 15 is 0 Å². The van der Waals surface area contributed by atoms with Crippen molar-refractivity contribution in [3.63, 3.8) is 0 Å². The predicted octanol–water partition coefficient (Wildman–Crippen LogP) is 6.95. The third-order valence-corrected chi connectivity index (χ3v) is 7.41. The summed E-state index contributed by atoms with van der Waals surface area (Å²) in [5, 5.41) is 14.0. The number of hydrogen-bond donors (Lipinski definition) is 2. The topological polar surface area (TPSA) is 95.7 Å². The Kier molecular flexibility index (Phi) is 7.32. The maximum absolute atomic E-state index is 14.4. The molecular weight excluding hydrogens is 521 g/mol. The monoisotopic (exact) mass is 549 g/mol. The molecule has 0 bridgehead atoms. The molecule has 0 spiro atoms. The van der Waals surface area contributed by atoms with Gasteiger partial charge in [-0.25, -0.2) is 9.37 Å². The number of aromatic nitrogens is 1. The van der Waals surface area contributed by atoms with Crippen molar-refractivity contribution in [2.45, 2.75) is 46.1 Å². The Bertz CT molecular complexity index is 1650. The molecule has 0 aliphatic carbocycles. The van der Waals surface area contributed by atoms with Gasteiger partial charge in [0.2, 0.25) is 5.88 Å². The van der Waals surface area contributed by atoms with Crippen molar-refractivity contribution in [1.29, 1.82) is 0 Å². The first kappa shape index (κ1) is 26.7. The van der Waals surface area contributed by atoms with Gasteiger partial charge in [0.25, 0.3) is 0 Å². The maximum Gasteiger partial charge on any atom is 0.202 e.